The molecule has 0 aliphatic carbocycles. The average molecular weight is 212 g/mol. The molecule has 2 N–H and O–H groups in total. The van der Waals surface area contributed by atoms with Crippen LogP contribution in [0.2, 0.25) is 0 Å². The zero-order valence-corrected chi connectivity index (χ0v) is 8.53. The largest absolute Gasteiger partial charge is 0.493 e. The van der Waals surface area contributed by atoms with E-state index >= 15 is 0 Å². The van der Waals surface area contributed by atoms with Crippen LogP contribution in [0.4, 0.5) is 0 Å². The van der Waals surface area contributed by atoms with Crippen LogP contribution < -0.4 is 5.56 Å². The summed E-state index contributed by atoms with van der Waals surface area (Å²) in [7, 11) is 1.17. The van der Waals surface area contributed by atoms with Gasteiger partial charge in [-0.05, 0) is 6.42 Å². The van der Waals surface area contributed by atoms with Gasteiger partial charge in [-0.25, -0.2) is 4.79 Å². The summed E-state index contributed by atoms with van der Waals surface area (Å²) in [5, 5.41) is 9.41. The van der Waals surface area contributed by atoms with E-state index in [2.05, 4.69) is 14.7 Å². The number of nitrogens with one attached hydrogen (secondary N) is 1. The third-order valence-electron chi connectivity index (χ3n) is 1.87. The Morgan fingerprint density at radius 3 is 2.73 bits per heavy atom. The van der Waals surface area contributed by atoms with Crippen molar-refractivity contribution >= 4 is 5.97 Å². The van der Waals surface area contributed by atoms with Gasteiger partial charge >= 0.3 is 5.97 Å². The Labute approximate surface area is 85.9 Å². The van der Waals surface area contributed by atoms with Crippen LogP contribution in [0.25, 0.3) is 0 Å². The monoisotopic (exact) mass is 212 g/mol. The van der Waals surface area contributed by atoms with Crippen LogP contribution in [0, 0.1) is 0 Å². The first-order valence-electron chi connectivity index (χ1n) is 4.50. The standard InChI is InChI=1S/C9H12N2O4/c1-3-4-5-7(12)10-6(9(14)15-2)11-8(5)13/h3-4H2,1-2H3,(H2,10,11,12,13). The molecular formula is C9H12N2O4. The number of carbonyl (C=O) groups excluding carboxylic acids is 1. The van der Waals surface area contributed by atoms with Crippen molar-refractivity contribution in [1.29, 1.82) is 0 Å². The summed E-state index contributed by atoms with van der Waals surface area (Å²) in [6.07, 6.45) is 1.12. The zero-order valence-electron chi connectivity index (χ0n) is 8.53. The molecule has 0 saturated carbocycles. The number of esters is 1. The Kier molecular flexibility index (Phi) is 3.43. The van der Waals surface area contributed by atoms with E-state index in [0.29, 0.717) is 12.8 Å². The number of carbonyl (C=O) groups is 1. The van der Waals surface area contributed by atoms with E-state index in [-0.39, 0.29) is 11.4 Å². The van der Waals surface area contributed by atoms with Gasteiger partial charge in [-0.2, -0.15) is 4.98 Å². The zero-order chi connectivity index (χ0) is 11.4. The van der Waals surface area contributed by atoms with E-state index in [4.69, 9.17) is 0 Å². The minimum Gasteiger partial charge on any atom is -0.493 e. The molecule has 0 saturated heterocycles. The maximum Gasteiger partial charge on any atom is 0.374 e. The van der Waals surface area contributed by atoms with E-state index in [9.17, 15) is 14.7 Å². The van der Waals surface area contributed by atoms with Crippen LogP contribution in [-0.4, -0.2) is 28.2 Å². The molecule has 1 heterocycles. The maximum absolute atomic E-state index is 11.4. The molecule has 6 heteroatoms. The van der Waals surface area contributed by atoms with Gasteiger partial charge in [0.1, 0.15) is 0 Å². The summed E-state index contributed by atoms with van der Waals surface area (Å²) in [5.74, 6) is -1.49. The molecule has 6 nitrogen and oxygen atoms in total. The Morgan fingerprint density at radius 2 is 2.27 bits per heavy atom. The molecule has 0 amide bonds. The number of aromatic amines is 1. The number of ether oxygens (including phenoxy) is 1. The predicted octanol–water partition coefficient (Wildman–Crippen LogP) is 0.215. The van der Waals surface area contributed by atoms with Gasteiger partial charge in [0.2, 0.25) is 11.7 Å². The summed E-state index contributed by atoms with van der Waals surface area (Å²) in [5.41, 5.74) is -0.324. The lowest BCUT2D eigenvalue weighted by Crippen LogP contribution is -2.20. The first-order chi connectivity index (χ1) is 7.10. The number of rotatable bonds is 3. The van der Waals surface area contributed by atoms with Gasteiger partial charge in [0.15, 0.2) is 0 Å². The number of hydrogen-bond acceptors (Lipinski definition) is 5. The maximum atomic E-state index is 11.4. The van der Waals surface area contributed by atoms with Gasteiger partial charge in [0, 0.05) is 0 Å². The molecule has 0 radical (unpaired) electrons. The fourth-order valence-corrected chi connectivity index (χ4v) is 1.15. The number of aromatic hydroxyl groups is 1. The highest BCUT2D eigenvalue weighted by molar-refractivity contribution is 5.85. The number of H-pyrrole nitrogens is 1. The van der Waals surface area contributed by atoms with Crippen molar-refractivity contribution in [1.82, 2.24) is 9.97 Å². The number of nitrogens with zero attached hydrogens (tertiary/aromatic N) is 1. The second-order valence-electron chi connectivity index (χ2n) is 2.96. The highest BCUT2D eigenvalue weighted by Gasteiger charge is 2.14. The van der Waals surface area contributed by atoms with Crippen molar-refractivity contribution in [2.75, 3.05) is 7.11 Å². The van der Waals surface area contributed by atoms with Crippen molar-refractivity contribution in [2.24, 2.45) is 0 Å². The molecular weight excluding hydrogens is 200 g/mol. The second-order valence-corrected chi connectivity index (χ2v) is 2.96. The van der Waals surface area contributed by atoms with Gasteiger partial charge in [-0.3, -0.25) is 4.79 Å². The lowest BCUT2D eigenvalue weighted by molar-refractivity contribution is 0.0585. The average Bonchev–Trinajstić information content (AvgIpc) is 2.22. The minimum absolute atomic E-state index is 0.185. The smallest absolute Gasteiger partial charge is 0.374 e. The second kappa shape index (κ2) is 4.59. The Balaban J connectivity index is 3.19. The minimum atomic E-state index is -0.787. The van der Waals surface area contributed by atoms with E-state index in [0.717, 1.165) is 0 Å². The molecule has 0 fully saturated rings. The lowest BCUT2D eigenvalue weighted by atomic mass is 10.2. The van der Waals surface area contributed by atoms with Crippen LogP contribution in [0.1, 0.15) is 29.5 Å². The van der Waals surface area contributed by atoms with Gasteiger partial charge in [0.25, 0.3) is 5.56 Å². The van der Waals surface area contributed by atoms with Crippen LogP contribution in [-0.2, 0) is 11.2 Å². The molecule has 0 bridgehead atoms. The van der Waals surface area contributed by atoms with E-state index in [1.807, 2.05) is 6.92 Å². The molecule has 1 aromatic rings. The van der Waals surface area contributed by atoms with Crippen LogP contribution in [0.5, 0.6) is 5.88 Å². The molecule has 1 rings (SSSR count). The quantitative estimate of drug-likeness (QED) is 0.699. The molecule has 82 valence electrons. The van der Waals surface area contributed by atoms with E-state index < -0.39 is 17.4 Å². The fraction of sp³-hybridized carbons (Fsp3) is 0.444. The summed E-state index contributed by atoms with van der Waals surface area (Å²) >= 11 is 0. The SMILES string of the molecule is CCCc1c(O)nc(C(=O)OC)[nH]c1=O. The molecule has 0 aliphatic heterocycles. The van der Waals surface area contributed by atoms with Crippen molar-refractivity contribution in [3.63, 3.8) is 0 Å². The molecule has 0 unspecified atom stereocenters. The lowest BCUT2D eigenvalue weighted by Gasteiger charge is -2.03. The van der Waals surface area contributed by atoms with Crippen molar-refractivity contribution in [3.8, 4) is 5.88 Å². The molecule has 0 atom stereocenters. The van der Waals surface area contributed by atoms with Gasteiger partial charge in [-0.15, -0.1) is 0 Å². The van der Waals surface area contributed by atoms with Gasteiger partial charge in [-0.1, -0.05) is 13.3 Å². The molecule has 1 aromatic heterocycles. The molecule has 0 aliphatic rings. The van der Waals surface area contributed by atoms with E-state index in [1.54, 1.807) is 0 Å². The van der Waals surface area contributed by atoms with Crippen LogP contribution in [0.15, 0.2) is 4.79 Å². The molecule has 0 spiro atoms. The van der Waals surface area contributed by atoms with Gasteiger partial charge < -0.3 is 14.8 Å². The highest BCUT2D eigenvalue weighted by atomic mass is 16.5. The van der Waals surface area contributed by atoms with Crippen LogP contribution >= 0.6 is 0 Å². The fourth-order valence-electron chi connectivity index (χ4n) is 1.15. The molecule has 15 heavy (non-hydrogen) atoms. The first kappa shape index (κ1) is 11.2. The Hall–Kier alpha value is -1.85. The third-order valence-corrected chi connectivity index (χ3v) is 1.87. The van der Waals surface area contributed by atoms with Crippen LogP contribution in [0.3, 0.4) is 0 Å². The summed E-state index contributed by atoms with van der Waals surface area (Å²) < 4.78 is 4.36. The topological polar surface area (TPSA) is 92.3 Å². The number of aromatic nitrogens is 2. The summed E-state index contributed by atoms with van der Waals surface area (Å²) in [6, 6.07) is 0. The van der Waals surface area contributed by atoms with Crippen molar-refractivity contribution in [3.05, 3.63) is 21.7 Å². The third kappa shape index (κ3) is 2.34. The number of hydrogen-bond donors (Lipinski definition) is 2. The predicted molar refractivity (Wildman–Crippen MR) is 51.9 cm³/mol. The number of methoxy groups -OCH3 is 1. The summed E-state index contributed by atoms with van der Waals surface area (Å²) in [6.45, 7) is 1.87. The molecule has 0 aromatic carbocycles. The highest BCUT2D eigenvalue weighted by Crippen LogP contribution is 2.10. The normalized spacial score (nSPS) is 10.0. The first-order valence-corrected chi connectivity index (χ1v) is 4.50. The van der Waals surface area contributed by atoms with Crippen molar-refractivity contribution < 1.29 is 14.6 Å². The van der Waals surface area contributed by atoms with Crippen molar-refractivity contribution in [2.45, 2.75) is 19.8 Å². The summed E-state index contributed by atoms with van der Waals surface area (Å²) in [4.78, 5) is 28.2. The Morgan fingerprint density at radius 1 is 1.60 bits per heavy atom. The van der Waals surface area contributed by atoms with E-state index in [1.165, 1.54) is 7.11 Å². The van der Waals surface area contributed by atoms with Gasteiger partial charge in [0.05, 0.1) is 12.7 Å². The Bertz CT molecular complexity index is 425.